The van der Waals surface area contributed by atoms with E-state index in [0.717, 1.165) is 5.56 Å². The Morgan fingerprint density at radius 2 is 1.56 bits per heavy atom. The lowest BCUT2D eigenvalue weighted by molar-refractivity contribution is -0.135. The summed E-state index contributed by atoms with van der Waals surface area (Å²) in [7, 11) is 7.74. The fourth-order valence-electron chi connectivity index (χ4n) is 3.38. The van der Waals surface area contributed by atoms with Gasteiger partial charge in [0, 0.05) is 29.2 Å². The smallest absolute Gasteiger partial charge is 0.312 e. The van der Waals surface area contributed by atoms with Gasteiger partial charge in [-0.1, -0.05) is 6.07 Å². The Kier molecular flexibility index (Phi) is 5.30. The van der Waals surface area contributed by atoms with E-state index in [2.05, 4.69) is 0 Å². The number of carbonyl (C=O) groups excluding carboxylic acids is 1. The zero-order valence-corrected chi connectivity index (χ0v) is 16.0. The molecule has 144 valence electrons. The SMILES string of the molecule is COc1ccc([C@H]2CC(=O)Oc3cc(OC)c(OC)c(OC)c32)c(OC)c1. The van der Waals surface area contributed by atoms with Gasteiger partial charge < -0.3 is 28.4 Å². The van der Waals surface area contributed by atoms with Gasteiger partial charge in [0.15, 0.2) is 11.5 Å². The number of ether oxygens (including phenoxy) is 6. The normalized spacial score (nSPS) is 15.4. The topological polar surface area (TPSA) is 72.5 Å². The van der Waals surface area contributed by atoms with Crippen LogP contribution in [0.4, 0.5) is 0 Å². The van der Waals surface area contributed by atoms with Gasteiger partial charge in [0.25, 0.3) is 0 Å². The number of rotatable bonds is 6. The molecular formula is C20H22O7. The van der Waals surface area contributed by atoms with Crippen molar-refractivity contribution in [2.75, 3.05) is 35.5 Å². The van der Waals surface area contributed by atoms with Crippen LogP contribution in [0, 0.1) is 0 Å². The third-order valence-electron chi connectivity index (χ3n) is 4.59. The molecule has 0 unspecified atom stereocenters. The van der Waals surface area contributed by atoms with Crippen LogP contribution in [0.1, 0.15) is 23.5 Å². The van der Waals surface area contributed by atoms with Crippen molar-refractivity contribution in [3.8, 4) is 34.5 Å². The first kappa shape index (κ1) is 18.7. The summed E-state index contributed by atoms with van der Waals surface area (Å²) in [6.07, 6.45) is 0.140. The molecule has 0 aliphatic carbocycles. The number of methoxy groups -OCH3 is 5. The van der Waals surface area contributed by atoms with Crippen molar-refractivity contribution in [3.63, 3.8) is 0 Å². The lowest BCUT2D eigenvalue weighted by atomic mass is 9.84. The molecule has 1 atom stereocenters. The van der Waals surface area contributed by atoms with E-state index >= 15 is 0 Å². The number of hydrogen-bond donors (Lipinski definition) is 0. The number of hydrogen-bond acceptors (Lipinski definition) is 7. The van der Waals surface area contributed by atoms with E-state index < -0.39 is 0 Å². The van der Waals surface area contributed by atoms with Crippen LogP contribution in [-0.2, 0) is 4.79 Å². The van der Waals surface area contributed by atoms with Gasteiger partial charge in [-0.3, -0.25) is 4.79 Å². The Bertz CT molecular complexity index is 860. The molecule has 0 aromatic heterocycles. The van der Waals surface area contributed by atoms with Crippen LogP contribution < -0.4 is 28.4 Å². The van der Waals surface area contributed by atoms with E-state index in [9.17, 15) is 4.79 Å². The van der Waals surface area contributed by atoms with Gasteiger partial charge in [0.2, 0.25) is 5.75 Å². The first-order valence-corrected chi connectivity index (χ1v) is 8.33. The van der Waals surface area contributed by atoms with Gasteiger partial charge in [-0.15, -0.1) is 0 Å². The van der Waals surface area contributed by atoms with Crippen LogP contribution in [0.25, 0.3) is 0 Å². The van der Waals surface area contributed by atoms with Crippen LogP contribution in [0.3, 0.4) is 0 Å². The number of benzene rings is 2. The third-order valence-corrected chi connectivity index (χ3v) is 4.59. The van der Waals surface area contributed by atoms with Crippen LogP contribution in [-0.4, -0.2) is 41.5 Å². The van der Waals surface area contributed by atoms with E-state index in [0.29, 0.717) is 40.1 Å². The Labute approximate surface area is 157 Å². The molecule has 0 spiro atoms. The minimum absolute atomic E-state index is 0.140. The molecule has 2 aromatic carbocycles. The minimum atomic E-state index is -0.348. The molecule has 0 amide bonds. The largest absolute Gasteiger partial charge is 0.497 e. The van der Waals surface area contributed by atoms with Crippen LogP contribution in [0.2, 0.25) is 0 Å². The van der Waals surface area contributed by atoms with E-state index in [1.165, 1.54) is 21.3 Å². The highest BCUT2D eigenvalue weighted by atomic mass is 16.5. The predicted octanol–water partition coefficient (Wildman–Crippen LogP) is 3.17. The Morgan fingerprint density at radius 3 is 2.15 bits per heavy atom. The third kappa shape index (κ3) is 3.20. The molecular weight excluding hydrogens is 352 g/mol. The summed E-state index contributed by atoms with van der Waals surface area (Å²) in [4.78, 5) is 12.3. The summed E-state index contributed by atoms with van der Waals surface area (Å²) >= 11 is 0. The number of esters is 1. The molecule has 3 rings (SSSR count). The highest BCUT2D eigenvalue weighted by Gasteiger charge is 2.36. The van der Waals surface area contributed by atoms with Crippen molar-refractivity contribution < 1.29 is 33.2 Å². The summed E-state index contributed by atoms with van der Waals surface area (Å²) in [6, 6.07) is 7.12. The highest BCUT2D eigenvalue weighted by Crippen LogP contribution is 2.53. The van der Waals surface area contributed by atoms with E-state index in [1.807, 2.05) is 12.1 Å². The van der Waals surface area contributed by atoms with Crippen LogP contribution in [0.5, 0.6) is 34.5 Å². The van der Waals surface area contributed by atoms with Gasteiger partial charge in [-0.25, -0.2) is 0 Å². The van der Waals surface area contributed by atoms with Gasteiger partial charge in [0.1, 0.15) is 17.2 Å². The molecule has 7 heteroatoms. The second-order valence-electron chi connectivity index (χ2n) is 5.90. The maximum absolute atomic E-state index is 12.3. The summed E-state index contributed by atoms with van der Waals surface area (Å²) < 4.78 is 32.7. The lowest BCUT2D eigenvalue weighted by Crippen LogP contribution is -2.22. The molecule has 2 aromatic rings. The maximum Gasteiger partial charge on any atom is 0.312 e. The average molecular weight is 374 g/mol. The Hall–Kier alpha value is -3.09. The molecule has 1 aliphatic heterocycles. The summed E-state index contributed by atoms with van der Waals surface area (Å²) in [6.45, 7) is 0. The predicted molar refractivity (Wildman–Crippen MR) is 97.7 cm³/mol. The van der Waals surface area contributed by atoms with Crippen LogP contribution in [0.15, 0.2) is 24.3 Å². The minimum Gasteiger partial charge on any atom is -0.497 e. The van der Waals surface area contributed by atoms with Gasteiger partial charge in [-0.2, -0.15) is 0 Å². The second kappa shape index (κ2) is 7.65. The molecule has 0 saturated heterocycles. The quantitative estimate of drug-likeness (QED) is 0.568. The number of fused-ring (bicyclic) bond motifs is 1. The molecule has 7 nitrogen and oxygen atoms in total. The van der Waals surface area contributed by atoms with E-state index in [4.69, 9.17) is 28.4 Å². The zero-order chi connectivity index (χ0) is 19.6. The van der Waals surface area contributed by atoms with Gasteiger partial charge >= 0.3 is 5.97 Å². The van der Waals surface area contributed by atoms with Crippen LogP contribution >= 0.6 is 0 Å². The molecule has 0 radical (unpaired) electrons. The Balaban J connectivity index is 2.26. The molecule has 0 N–H and O–H groups in total. The standard InChI is InChI=1S/C20H22O7/c1-22-11-6-7-12(14(8-11)23-2)13-9-17(21)27-15-10-16(24-3)19(25-4)20(26-5)18(13)15/h6-8,10,13H,9H2,1-5H3/t13-/m1/s1. The first-order valence-electron chi connectivity index (χ1n) is 8.33. The summed E-state index contributed by atoms with van der Waals surface area (Å²) in [5, 5.41) is 0. The molecule has 0 saturated carbocycles. The fourth-order valence-corrected chi connectivity index (χ4v) is 3.38. The van der Waals surface area contributed by atoms with Crippen molar-refractivity contribution in [1.29, 1.82) is 0 Å². The van der Waals surface area contributed by atoms with Crippen molar-refractivity contribution >= 4 is 5.97 Å². The van der Waals surface area contributed by atoms with Gasteiger partial charge in [0.05, 0.1) is 42.0 Å². The molecule has 27 heavy (non-hydrogen) atoms. The number of carbonyl (C=O) groups is 1. The Morgan fingerprint density at radius 1 is 0.852 bits per heavy atom. The molecule has 1 aliphatic rings. The molecule has 1 heterocycles. The van der Waals surface area contributed by atoms with Crippen molar-refractivity contribution in [1.82, 2.24) is 0 Å². The lowest BCUT2D eigenvalue weighted by Gasteiger charge is -2.29. The highest BCUT2D eigenvalue weighted by molar-refractivity contribution is 5.81. The second-order valence-corrected chi connectivity index (χ2v) is 5.90. The monoisotopic (exact) mass is 374 g/mol. The first-order chi connectivity index (χ1) is 13.1. The molecule has 0 bridgehead atoms. The van der Waals surface area contributed by atoms with Crippen molar-refractivity contribution in [3.05, 3.63) is 35.4 Å². The van der Waals surface area contributed by atoms with E-state index in [-0.39, 0.29) is 18.3 Å². The fraction of sp³-hybridized carbons (Fsp3) is 0.350. The summed E-state index contributed by atoms with van der Waals surface area (Å²) in [5.74, 6) is 2.28. The van der Waals surface area contributed by atoms with Gasteiger partial charge in [-0.05, 0) is 6.07 Å². The van der Waals surface area contributed by atoms with Crippen molar-refractivity contribution in [2.45, 2.75) is 12.3 Å². The average Bonchev–Trinajstić information content (AvgIpc) is 2.70. The molecule has 0 fully saturated rings. The zero-order valence-electron chi connectivity index (χ0n) is 16.0. The maximum atomic E-state index is 12.3. The summed E-state index contributed by atoms with van der Waals surface area (Å²) in [5.41, 5.74) is 1.53. The van der Waals surface area contributed by atoms with E-state index in [1.54, 1.807) is 26.4 Å². The van der Waals surface area contributed by atoms with Crippen molar-refractivity contribution in [2.24, 2.45) is 0 Å².